The van der Waals surface area contributed by atoms with Crippen molar-refractivity contribution in [3.63, 3.8) is 0 Å². The van der Waals surface area contributed by atoms with Gasteiger partial charge in [-0.1, -0.05) is 29.3 Å². The maximum Gasteiger partial charge on any atom is 0.265 e. The van der Waals surface area contributed by atoms with Crippen LogP contribution in [0.25, 0.3) is 0 Å². The molecule has 1 radical (unpaired) electrons. The lowest BCUT2D eigenvalue weighted by Gasteiger charge is -2.35. The van der Waals surface area contributed by atoms with Gasteiger partial charge in [0.15, 0.2) is 0 Å². The molecule has 1 aromatic heterocycles. The van der Waals surface area contributed by atoms with Crippen LogP contribution in [0.4, 0.5) is 37.6 Å². The van der Waals surface area contributed by atoms with Gasteiger partial charge in [0.1, 0.15) is 11.4 Å². The molecule has 0 bridgehead atoms. The van der Waals surface area contributed by atoms with Crippen molar-refractivity contribution in [1.82, 2.24) is 9.97 Å². The SMILES string of the molecule is [CH2]c1cc(Nc2ncc3c(n2)N(C)CN(c2c(Cl)cccc2Cl)C3=O)ccc1N1CCC(F)(F)CC1. The molecule has 11 heteroatoms. The van der Waals surface area contributed by atoms with Gasteiger partial charge in [-0.3, -0.25) is 9.69 Å². The number of nitrogens with zero attached hydrogens (tertiary/aromatic N) is 5. The Morgan fingerprint density at radius 1 is 1.11 bits per heavy atom. The van der Waals surface area contributed by atoms with Crippen LogP contribution in [-0.4, -0.2) is 48.6 Å². The molecule has 0 spiro atoms. The predicted octanol–water partition coefficient (Wildman–Crippen LogP) is 6.00. The van der Waals surface area contributed by atoms with E-state index in [2.05, 4.69) is 22.2 Å². The third-order valence-corrected chi connectivity index (χ3v) is 6.95. The van der Waals surface area contributed by atoms with Gasteiger partial charge in [-0.2, -0.15) is 4.98 Å². The first kappa shape index (κ1) is 24.5. The van der Waals surface area contributed by atoms with Crippen LogP contribution in [0.2, 0.25) is 10.0 Å². The molecule has 0 aliphatic carbocycles. The van der Waals surface area contributed by atoms with Crippen LogP contribution in [0.15, 0.2) is 42.6 Å². The quantitative estimate of drug-likeness (QED) is 0.445. The summed E-state index contributed by atoms with van der Waals surface area (Å²) in [5.41, 5.74) is 2.99. The number of aromatic nitrogens is 2. The smallest absolute Gasteiger partial charge is 0.265 e. The number of hydrogen-bond acceptors (Lipinski definition) is 6. The molecular formula is C25H23Cl2F2N6O. The first-order valence-corrected chi connectivity index (χ1v) is 12.1. The zero-order valence-corrected chi connectivity index (χ0v) is 21.0. The number of rotatable bonds is 4. The molecule has 1 saturated heterocycles. The van der Waals surface area contributed by atoms with Gasteiger partial charge in [-0.25, -0.2) is 13.8 Å². The molecule has 0 unspecified atom stereocenters. The number of piperidine rings is 1. The number of fused-ring (bicyclic) bond motifs is 1. The maximum atomic E-state index is 13.5. The fourth-order valence-electron chi connectivity index (χ4n) is 4.46. The Morgan fingerprint density at radius 2 is 1.81 bits per heavy atom. The Kier molecular flexibility index (Phi) is 6.38. The van der Waals surface area contributed by atoms with Crippen molar-refractivity contribution < 1.29 is 13.6 Å². The summed E-state index contributed by atoms with van der Waals surface area (Å²) in [7, 11) is 1.81. The maximum absolute atomic E-state index is 13.5. The summed E-state index contributed by atoms with van der Waals surface area (Å²) in [6.45, 7) is 4.86. The molecule has 1 N–H and O–H groups in total. The Balaban J connectivity index is 1.35. The first-order valence-electron chi connectivity index (χ1n) is 11.3. The van der Waals surface area contributed by atoms with E-state index < -0.39 is 5.92 Å². The molecule has 2 aliphatic heterocycles. The lowest BCUT2D eigenvalue weighted by Crippen LogP contribution is -2.46. The van der Waals surface area contributed by atoms with Crippen LogP contribution in [0.3, 0.4) is 0 Å². The van der Waals surface area contributed by atoms with Gasteiger partial charge in [0.25, 0.3) is 11.8 Å². The van der Waals surface area contributed by atoms with E-state index in [1.165, 1.54) is 11.1 Å². The third kappa shape index (κ3) is 4.65. The third-order valence-electron chi connectivity index (χ3n) is 6.34. The van der Waals surface area contributed by atoms with Gasteiger partial charge in [0.05, 0.1) is 22.4 Å². The number of carbonyl (C=O) groups is 1. The molecule has 5 rings (SSSR count). The van der Waals surface area contributed by atoms with Gasteiger partial charge < -0.3 is 15.1 Å². The van der Waals surface area contributed by atoms with Crippen LogP contribution in [-0.2, 0) is 0 Å². The lowest BCUT2D eigenvalue weighted by molar-refractivity contribution is -0.0220. The van der Waals surface area contributed by atoms with E-state index in [1.54, 1.807) is 18.2 Å². The van der Waals surface area contributed by atoms with Crippen molar-refractivity contribution in [2.45, 2.75) is 18.8 Å². The number of para-hydroxylation sites is 1. The van der Waals surface area contributed by atoms with Crippen molar-refractivity contribution in [1.29, 1.82) is 0 Å². The minimum absolute atomic E-state index is 0.165. The number of benzene rings is 2. The second-order valence-electron chi connectivity index (χ2n) is 8.89. The first-order chi connectivity index (χ1) is 17.1. The second-order valence-corrected chi connectivity index (χ2v) is 9.70. The molecule has 187 valence electrons. The second kappa shape index (κ2) is 9.37. The predicted molar refractivity (Wildman–Crippen MR) is 139 cm³/mol. The van der Waals surface area contributed by atoms with Crippen molar-refractivity contribution >= 4 is 57.9 Å². The summed E-state index contributed by atoms with van der Waals surface area (Å²) >= 11 is 12.6. The highest BCUT2D eigenvalue weighted by Crippen LogP contribution is 2.38. The molecule has 3 heterocycles. The summed E-state index contributed by atoms with van der Waals surface area (Å²) < 4.78 is 27.0. The highest BCUT2D eigenvalue weighted by Gasteiger charge is 2.35. The topological polar surface area (TPSA) is 64.6 Å². The van der Waals surface area contributed by atoms with E-state index >= 15 is 0 Å². The molecule has 2 aromatic carbocycles. The number of amides is 1. The van der Waals surface area contributed by atoms with Crippen molar-refractivity contribution in [3.8, 4) is 0 Å². The Hall–Kier alpha value is -3.17. The average molecular weight is 532 g/mol. The molecular weight excluding hydrogens is 509 g/mol. The lowest BCUT2D eigenvalue weighted by atomic mass is 10.0. The average Bonchev–Trinajstić information content (AvgIpc) is 2.82. The molecule has 2 aliphatic rings. The number of nitrogens with one attached hydrogen (secondary N) is 1. The largest absolute Gasteiger partial charge is 0.371 e. The summed E-state index contributed by atoms with van der Waals surface area (Å²) in [6, 6.07) is 10.6. The van der Waals surface area contributed by atoms with Crippen LogP contribution >= 0.6 is 23.2 Å². The minimum Gasteiger partial charge on any atom is -0.371 e. The molecule has 1 amide bonds. The number of halogens is 4. The van der Waals surface area contributed by atoms with E-state index in [0.717, 1.165) is 5.69 Å². The van der Waals surface area contributed by atoms with Crippen molar-refractivity contribution in [2.75, 3.05) is 46.8 Å². The fourth-order valence-corrected chi connectivity index (χ4v) is 5.06. The van der Waals surface area contributed by atoms with Crippen molar-refractivity contribution in [2.24, 2.45) is 0 Å². The van der Waals surface area contributed by atoms with E-state index in [1.807, 2.05) is 35.0 Å². The van der Waals surface area contributed by atoms with E-state index in [0.29, 0.717) is 44.3 Å². The van der Waals surface area contributed by atoms with Gasteiger partial charge in [0.2, 0.25) is 5.95 Å². The van der Waals surface area contributed by atoms with Crippen LogP contribution in [0.5, 0.6) is 0 Å². The molecule has 0 atom stereocenters. The molecule has 36 heavy (non-hydrogen) atoms. The zero-order valence-electron chi connectivity index (χ0n) is 19.4. The minimum atomic E-state index is -2.60. The van der Waals surface area contributed by atoms with Crippen molar-refractivity contribution in [3.05, 3.63) is 70.7 Å². The van der Waals surface area contributed by atoms with E-state index in [4.69, 9.17) is 23.2 Å². The fraction of sp³-hybridized carbons (Fsp3) is 0.280. The van der Waals surface area contributed by atoms with E-state index in [-0.39, 0.29) is 38.5 Å². The summed E-state index contributed by atoms with van der Waals surface area (Å²) in [5, 5.41) is 3.89. The summed E-state index contributed by atoms with van der Waals surface area (Å²) in [4.78, 5) is 27.3. The number of carbonyl (C=O) groups excluding carboxylic acids is 1. The van der Waals surface area contributed by atoms with Gasteiger partial charge in [-0.05, 0) is 42.8 Å². The standard InChI is InChI=1S/C25H23Cl2F2N6O/c1-15-12-16(6-7-20(15)34-10-8-25(28,29)9-11-34)31-24-30-13-17-22(32-24)33(2)14-35(23(17)36)21-18(26)4-3-5-19(21)27/h3-7,12-13H,1,8-11,14H2,2H3,(H,30,31,32). The molecule has 1 fully saturated rings. The van der Waals surface area contributed by atoms with Crippen LogP contribution < -0.4 is 20.0 Å². The van der Waals surface area contributed by atoms with Gasteiger partial charge in [-0.15, -0.1) is 0 Å². The molecule has 7 nitrogen and oxygen atoms in total. The van der Waals surface area contributed by atoms with Gasteiger partial charge >= 0.3 is 0 Å². The number of hydrogen-bond donors (Lipinski definition) is 1. The number of alkyl halides is 2. The van der Waals surface area contributed by atoms with Crippen LogP contribution in [0, 0.1) is 6.92 Å². The van der Waals surface area contributed by atoms with Gasteiger partial charge in [0, 0.05) is 50.6 Å². The zero-order chi connectivity index (χ0) is 25.6. The Morgan fingerprint density at radius 3 is 2.47 bits per heavy atom. The molecule has 3 aromatic rings. The Bertz CT molecular complexity index is 1310. The summed E-state index contributed by atoms with van der Waals surface area (Å²) in [5.74, 6) is -2.13. The van der Waals surface area contributed by atoms with E-state index in [9.17, 15) is 13.6 Å². The summed E-state index contributed by atoms with van der Waals surface area (Å²) in [6.07, 6.45) is 1.14. The number of anilines is 5. The monoisotopic (exact) mass is 531 g/mol. The normalized spacial score (nSPS) is 17.3. The molecule has 0 saturated carbocycles. The highest BCUT2D eigenvalue weighted by molar-refractivity contribution is 6.40. The van der Waals surface area contributed by atoms with Crippen LogP contribution in [0.1, 0.15) is 28.8 Å². The highest BCUT2D eigenvalue weighted by atomic mass is 35.5. The Labute approximate surface area is 217 Å².